The number of nitrogens with one attached hydrogen (secondary N) is 1. The summed E-state index contributed by atoms with van der Waals surface area (Å²) in [5.41, 5.74) is 5.27. The number of hydrogen-bond donors (Lipinski definition) is 2. The van der Waals surface area contributed by atoms with Crippen LogP contribution in [0, 0.1) is 6.92 Å². The number of sulfonamides is 1. The van der Waals surface area contributed by atoms with Crippen molar-refractivity contribution in [1.82, 2.24) is 9.62 Å². The molecule has 0 bridgehead atoms. The number of aryl methyl sites for hydroxylation is 1. The van der Waals surface area contributed by atoms with Gasteiger partial charge in [-0.2, -0.15) is 4.31 Å². The van der Waals surface area contributed by atoms with Gasteiger partial charge in [0.15, 0.2) is 0 Å². The topological polar surface area (TPSA) is 113 Å². The molecule has 182 valence electrons. The number of aliphatic carboxylic acids is 1. The summed E-state index contributed by atoms with van der Waals surface area (Å²) in [5, 5.41) is 11.7. The van der Waals surface area contributed by atoms with E-state index >= 15 is 0 Å². The molecule has 4 rings (SSSR count). The van der Waals surface area contributed by atoms with Crippen LogP contribution in [-0.2, 0) is 19.6 Å². The van der Waals surface area contributed by atoms with Crippen molar-refractivity contribution in [3.8, 4) is 11.1 Å². The van der Waals surface area contributed by atoms with E-state index in [4.69, 9.17) is 4.74 Å². The lowest BCUT2D eigenvalue weighted by Gasteiger charge is -2.21. The van der Waals surface area contributed by atoms with Crippen molar-refractivity contribution < 1.29 is 27.9 Å². The Hall–Kier alpha value is -3.69. The van der Waals surface area contributed by atoms with Gasteiger partial charge in [-0.15, -0.1) is 0 Å². The summed E-state index contributed by atoms with van der Waals surface area (Å²) < 4.78 is 32.1. The third kappa shape index (κ3) is 5.36. The molecule has 1 amide bonds. The molecule has 9 heteroatoms. The van der Waals surface area contributed by atoms with E-state index < -0.39 is 28.6 Å². The number of nitrogens with zero attached hydrogens (tertiary/aromatic N) is 1. The third-order valence-corrected chi connectivity index (χ3v) is 7.80. The molecule has 0 fully saturated rings. The Balaban J connectivity index is 1.36. The molecule has 8 nitrogen and oxygen atoms in total. The minimum Gasteiger partial charge on any atom is -0.480 e. The number of ether oxygens (including phenoxy) is 1. The lowest BCUT2D eigenvalue weighted by Crippen LogP contribution is -2.41. The highest BCUT2D eigenvalue weighted by Gasteiger charge is 2.29. The zero-order valence-corrected chi connectivity index (χ0v) is 20.0. The molecular weight excluding hydrogens is 468 g/mol. The number of alkyl carbamates (subject to hydrolysis) is 1. The quantitative estimate of drug-likeness (QED) is 0.470. The van der Waals surface area contributed by atoms with Crippen LogP contribution in [-0.4, -0.2) is 56.1 Å². The Morgan fingerprint density at radius 2 is 1.51 bits per heavy atom. The number of amides is 1. The fourth-order valence-electron chi connectivity index (χ4n) is 4.23. The Labute approximate surface area is 204 Å². The highest BCUT2D eigenvalue weighted by atomic mass is 32.2. The summed E-state index contributed by atoms with van der Waals surface area (Å²) in [5.74, 6) is -1.39. The van der Waals surface area contributed by atoms with E-state index in [1.165, 1.54) is 12.1 Å². The average Bonchev–Trinajstić information content (AvgIpc) is 3.16. The number of benzene rings is 3. The summed E-state index contributed by atoms with van der Waals surface area (Å²) in [4.78, 5) is 23.6. The van der Waals surface area contributed by atoms with Crippen molar-refractivity contribution >= 4 is 22.1 Å². The first-order valence-corrected chi connectivity index (χ1v) is 12.6. The average molecular weight is 495 g/mol. The number of fused-ring (bicyclic) bond motifs is 3. The number of carbonyl (C=O) groups excluding carboxylic acids is 1. The van der Waals surface area contributed by atoms with Gasteiger partial charge >= 0.3 is 12.1 Å². The molecule has 3 aromatic carbocycles. The summed E-state index contributed by atoms with van der Waals surface area (Å²) in [6, 6.07) is 22.1. The third-order valence-electron chi connectivity index (χ3n) is 5.94. The molecule has 3 aromatic rings. The number of carboxylic acid groups (broad SMARTS) is 1. The van der Waals surface area contributed by atoms with E-state index in [0.29, 0.717) is 0 Å². The van der Waals surface area contributed by atoms with Gasteiger partial charge < -0.3 is 15.2 Å². The molecule has 2 N–H and O–H groups in total. The van der Waals surface area contributed by atoms with Crippen molar-refractivity contribution in [2.24, 2.45) is 0 Å². The molecule has 0 aromatic heterocycles. The Bertz CT molecular complexity index is 1290. The van der Waals surface area contributed by atoms with Gasteiger partial charge in [-0.05, 0) is 41.3 Å². The van der Waals surface area contributed by atoms with Gasteiger partial charge in [0.25, 0.3) is 0 Å². The monoisotopic (exact) mass is 494 g/mol. The van der Waals surface area contributed by atoms with Crippen molar-refractivity contribution in [1.29, 1.82) is 0 Å². The van der Waals surface area contributed by atoms with E-state index in [0.717, 1.165) is 32.1 Å². The summed E-state index contributed by atoms with van der Waals surface area (Å²) in [6.45, 7) is 0.911. The number of rotatable bonds is 9. The van der Waals surface area contributed by atoms with Gasteiger partial charge in [0.2, 0.25) is 10.0 Å². The molecule has 0 aliphatic heterocycles. The van der Waals surface area contributed by atoms with Crippen molar-refractivity contribution in [3.05, 3.63) is 89.5 Å². The van der Waals surface area contributed by atoms with Crippen LogP contribution < -0.4 is 5.32 Å². The maximum atomic E-state index is 12.9. The van der Waals surface area contributed by atoms with Gasteiger partial charge in [0.1, 0.15) is 13.2 Å². The maximum Gasteiger partial charge on any atom is 0.407 e. The minimum atomic E-state index is -4.04. The van der Waals surface area contributed by atoms with Crippen LogP contribution in [0.3, 0.4) is 0 Å². The van der Waals surface area contributed by atoms with Gasteiger partial charge in [-0.3, -0.25) is 4.79 Å². The molecule has 1 aliphatic carbocycles. The first-order chi connectivity index (χ1) is 16.8. The van der Waals surface area contributed by atoms with E-state index in [9.17, 15) is 23.1 Å². The van der Waals surface area contributed by atoms with Crippen molar-refractivity contribution in [3.63, 3.8) is 0 Å². The first-order valence-electron chi connectivity index (χ1n) is 11.1. The van der Waals surface area contributed by atoms with E-state index in [1.807, 2.05) is 55.5 Å². The molecular formula is C26H26N2O6S. The van der Waals surface area contributed by atoms with Crippen LogP contribution in [0.2, 0.25) is 0 Å². The predicted molar refractivity (Wildman–Crippen MR) is 131 cm³/mol. The van der Waals surface area contributed by atoms with Gasteiger partial charge in [-0.25, -0.2) is 13.2 Å². The Kier molecular flexibility index (Phi) is 7.18. The van der Waals surface area contributed by atoms with Crippen LogP contribution >= 0.6 is 0 Å². The van der Waals surface area contributed by atoms with Crippen LogP contribution in [0.25, 0.3) is 11.1 Å². The van der Waals surface area contributed by atoms with Gasteiger partial charge in [-0.1, -0.05) is 66.2 Å². The fourth-order valence-corrected chi connectivity index (χ4v) is 5.62. The summed E-state index contributed by atoms with van der Waals surface area (Å²) >= 11 is 0. The molecule has 0 unspecified atom stereocenters. The molecule has 0 saturated heterocycles. The molecule has 35 heavy (non-hydrogen) atoms. The highest BCUT2D eigenvalue weighted by Crippen LogP contribution is 2.44. The molecule has 0 spiro atoms. The number of carbonyl (C=O) groups is 2. The fraction of sp³-hybridized carbons (Fsp3) is 0.231. The lowest BCUT2D eigenvalue weighted by atomic mass is 9.98. The van der Waals surface area contributed by atoms with E-state index in [-0.39, 0.29) is 30.5 Å². The number of hydrogen-bond acceptors (Lipinski definition) is 5. The second kappa shape index (κ2) is 10.3. The van der Waals surface area contributed by atoms with Crippen molar-refractivity contribution in [2.45, 2.75) is 17.7 Å². The SMILES string of the molecule is Cc1ccc(S(=O)(=O)N(CCNC(=O)OCC2c3ccccc3-c3ccccc32)CC(=O)O)cc1. The van der Waals surface area contributed by atoms with Crippen LogP contribution in [0.15, 0.2) is 77.7 Å². The normalized spacial score (nSPS) is 12.7. The maximum absolute atomic E-state index is 12.9. The van der Waals surface area contributed by atoms with E-state index in [1.54, 1.807) is 12.1 Å². The van der Waals surface area contributed by atoms with Gasteiger partial charge in [0.05, 0.1) is 4.90 Å². The summed E-state index contributed by atoms with van der Waals surface area (Å²) in [7, 11) is -4.04. The Morgan fingerprint density at radius 1 is 0.943 bits per heavy atom. The summed E-state index contributed by atoms with van der Waals surface area (Å²) in [6.07, 6.45) is -0.699. The first kappa shape index (κ1) is 24.4. The molecule has 0 saturated carbocycles. The van der Waals surface area contributed by atoms with Crippen molar-refractivity contribution in [2.75, 3.05) is 26.2 Å². The van der Waals surface area contributed by atoms with Crippen LogP contribution in [0.4, 0.5) is 4.79 Å². The second-order valence-corrected chi connectivity index (χ2v) is 10.2. The van der Waals surface area contributed by atoms with Gasteiger partial charge in [0, 0.05) is 19.0 Å². The largest absolute Gasteiger partial charge is 0.480 e. The molecule has 0 heterocycles. The molecule has 1 aliphatic rings. The van der Waals surface area contributed by atoms with Crippen LogP contribution in [0.1, 0.15) is 22.6 Å². The predicted octanol–water partition coefficient (Wildman–Crippen LogP) is 3.61. The molecule has 0 radical (unpaired) electrons. The van der Waals surface area contributed by atoms with E-state index in [2.05, 4.69) is 5.32 Å². The van der Waals surface area contributed by atoms with Crippen LogP contribution in [0.5, 0.6) is 0 Å². The zero-order chi connectivity index (χ0) is 25.0. The zero-order valence-electron chi connectivity index (χ0n) is 19.2. The minimum absolute atomic E-state index is 0.00881. The highest BCUT2D eigenvalue weighted by molar-refractivity contribution is 7.89. The smallest absolute Gasteiger partial charge is 0.407 e. The second-order valence-electron chi connectivity index (χ2n) is 8.30. The molecule has 0 atom stereocenters. The standard InChI is InChI=1S/C26H26N2O6S/c1-18-10-12-19(13-11-18)35(32,33)28(16-25(29)30)15-14-27-26(31)34-17-24-22-8-4-2-6-20(22)21-7-3-5-9-23(21)24/h2-13,24H,14-17H2,1H3,(H,27,31)(H,29,30). The number of carboxylic acids is 1. The Morgan fingerprint density at radius 3 is 2.09 bits per heavy atom. The lowest BCUT2D eigenvalue weighted by molar-refractivity contribution is -0.137.